The van der Waals surface area contributed by atoms with E-state index in [9.17, 15) is 4.79 Å². The van der Waals surface area contributed by atoms with Gasteiger partial charge < -0.3 is 4.57 Å². The maximum atomic E-state index is 12.3. The number of aromatic nitrogens is 2. The second-order valence-electron chi connectivity index (χ2n) is 4.67. The van der Waals surface area contributed by atoms with E-state index >= 15 is 0 Å². The van der Waals surface area contributed by atoms with Crippen molar-refractivity contribution in [2.24, 2.45) is 0 Å². The van der Waals surface area contributed by atoms with Gasteiger partial charge in [0.15, 0.2) is 5.78 Å². The molecule has 3 nitrogen and oxygen atoms in total. The minimum Gasteiger partial charge on any atom is -0.325 e. The predicted molar refractivity (Wildman–Crippen MR) is 82.1 cm³/mol. The molecule has 100 valence electrons. The Morgan fingerprint density at radius 2 is 1.95 bits per heavy atom. The fourth-order valence-electron chi connectivity index (χ4n) is 2.24. The molecular weight excluding hydrogens is 316 g/mol. The molecule has 20 heavy (non-hydrogen) atoms. The number of rotatable bonds is 3. The third kappa shape index (κ3) is 2.27. The van der Waals surface area contributed by atoms with Gasteiger partial charge in [-0.3, -0.25) is 4.79 Å². The number of nitrogens with zero attached hydrogens (tertiary/aromatic N) is 2. The molecule has 1 aromatic carbocycles. The van der Waals surface area contributed by atoms with E-state index in [1.165, 1.54) is 0 Å². The van der Waals surface area contributed by atoms with Gasteiger partial charge in [-0.1, -0.05) is 30.3 Å². The molecule has 3 rings (SSSR count). The first-order valence-electron chi connectivity index (χ1n) is 6.36. The summed E-state index contributed by atoms with van der Waals surface area (Å²) in [6.45, 7) is 2.25. The Bertz CT molecular complexity index is 734. The van der Waals surface area contributed by atoms with Crippen molar-refractivity contribution in [3.8, 4) is 11.4 Å². The van der Waals surface area contributed by atoms with Crippen molar-refractivity contribution in [2.75, 3.05) is 0 Å². The molecule has 0 aliphatic carbocycles. The van der Waals surface area contributed by atoms with E-state index in [4.69, 9.17) is 0 Å². The fraction of sp³-hybridized carbons (Fsp3) is 0.125. The molecule has 0 fully saturated rings. The molecule has 0 saturated carbocycles. The zero-order valence-electron chi connectivity index (χ0n) is 11.0. The topological polar surface area (TPSA) is 34.9 Å². The molecule has 0 spiro atoms. The summed E-state index contributed by atoms with van der Waals surface area (Å²) < 4.78 is 2.89. The normalized spacial score (nSPS) is 10.9. The average Bonchev–Trinajstić information content (AvgIpc) is 2.77. The molecule has 0 bridgehead atoms. The van der Waals surface area contributed by atoms with Gasteiger partial charge in [0.1, 0.15) is 5.82 Å². The average molecular weight is 329 g/mol. The van der Waals surface area contributed by atoms with Gasteiger partial charge in [-0.2, -0.15) is 0 Å². The highest BCUT2D eigenvalue weighted by molar-refractivity contribution is 9.10. The Balaban J connectivity index is 1.95. The Kier molecular flexibility index (Phi) is 3.40. The van der Waals surface area contributed by atoms with Gasteiger partial charge in [-0.25, -0.2) is 4.98 Å². The monoisotopic (exact) mass is 328 g/mol. The van der Waals surface area contributed by atoms with Crippen molar-refractivity contribution in [2.45, 2.75) is 13.5 Å². The van der Waals surface area contributed by atoms with Crippen LogP contribution in [-0.4, -0.2) is 15.3 Å². The summed E-state index contributed by atoms with van der Waals surface area (Å²) in [7, 11) is 0. The zero-order valence-corrected chi connectivity index (χ0v) is 12.6. The standard InChI is InChI=1S/C16H13BrN2O/c1-11-15(17)13-8-5-9-19(16(13)18-11)10-14(20)12-6-3-2-4-7-12/h2-9H,10H2,1H3. The number of hydrogen-bond donors (Lipinski definition) is 0. The van der Waals surface area contributed by atoms with Crippen molar-refractivity contribution in [1.29, 1.82) is 0 Å². The second kappa shape index (κ2) is 5.21. The number of Topliss-reactive ketones (excluding diaryl/α,β-unsaturated/α-hetero) is 1. The first-order valence-corrected chi connectivity index (χ1v) is 7.15. The molecule has 0 radical (unpaired) electrons. The van der Waals surface area contributed by atoms with Crippen molar-refractivity contribution in [3.05, 3.63) is 64.4 Å². The number of aryl methyl sites for hydroxylation is 1. The number of hydrogen-bond acceptors (Lipinski definition) is 2. The minimum atomic E-state index is 0.0832. The summed E-state index contributed by atoms with van der Waals surface area (Å²) >= 11 is 3.54. The van der Waals surface area contributed by atoms with Gasteiger partial charge in [0, 0.05) is 21.8 Å². The van der Waals surface area contributed by atoms with Crippen LogP contribution in [0, 0.1) is 6.92 Å². The smallest absolute Gasteiger partial charge is 0.182 e. The maximum Gasteiger partial charge on any atom is 0.182 e. The number of carbonyl (C=O) groups excluding carboxylic acids is 1. The van der Waals surface area contributed by atoms with Gasteiger partial charge in [0.2, 0.25) is 0 Å². The number of fused-ring (bicyclic) bond motifs is 1. The lowest BCUT2D eigenvalue weighted by Gasteiger charge is -2.10. The number of benzene rings is 1. The van der Waals surface area contributed by atoms with Crippen LogP contribution in [0.4, 0.5) is 0 Å². The van der Waals surface area contributed by atoms with E-state index in [2.05, 4.69) is 20.9 Å². The van der Waals surface area contributed by atoms with Crippen LogP contribution in [0.3, 0.4) is 0 Å². The van der Waals surface area contributed by atoms with Gasteiger partial charge in [-0.15, -0.1) is 0 Å². The van der Waals surface area contributed by atoms with Gasteiger partial charge in [0.05, 0.1) is 12.2 Å². The minimum absolute atomic E-state index is 0.0832. The molecule has 2 aliphatic heterocycles. The van der Waals surface area contributed by atoms with Crippen molar-refractivity contribution in [3.63, 3.8) is 0 Å². The molecule has 2 aliphatic rings. The summed E-state index contributed by atoms with van der Waals surface area (Å²) in [6.07, 6.45) is 1.89. The summed E-state index contributed by atoms with van der Waals surface area (Å²) in [4.78, 5) is 16.8. The first-order chi connectivity index (χ1) is 9.66. The van der Waals surface area contributed by atoms with Crippen molar-refractivity contribution >= 4 is 21.7 Å². The quantitative estimate of drug-likeness (QED) is 0.682. The van der Waals surface area contributed by atoms with Crippen LogP contribution in [0.2, 0.25) is 0 Å². The van der Waals surface area contributed by atoms with E-state index in [-0.39, 0.29) is 5.78 Å². The third-order valence-corrected chi connectivity index (χ3v) is 4.28. The second-order valence-corrected chi connectivity index (χ2v) is 5.47. The SMILES string of the molecule is Cc1nc2n(CC(=O)c3ccccc3)cccc-2c1Br. The van der Waals surface area contributed by atoms with E-state index in [1.54, 1.807) is 0 Å². The van der Waals surface area contributed by atoms with Crippen molar-refractivity contribution in [1.82, 2.24) is 9.55 Å². The van der Waals surface area contributed by atoms with Crippen molar-refractivity contribution < 1.29 is 4.79 Å². The van der Waals surface area contributed by atoms with E-state index in [0.717, 1.165) is 27.1 Å². The molecule has 0 unspecified atom stereocenters. The van der Waals surface area contributed by atoms with E-state index in [1.807, 2.05) is 60.2 Å². The molecule has 4 heteroatoms. The number of pyridine rings is 1. The molecular formula is C16H13BrN2O. The van der Waals surface area contributed by atoms with Crippen LogP contribution >= 0.6 is 15.9 Å². The molecule has 0 N–H and O–H groups in total. The Morgan fingerprint density at radius 1 is 1.20 bits per heavy atom. The van der Waals surface area contributed by atoms with Crippen LogP contribution in [0.5, 0.6) is 0 Å². The van der Waals surface area contributed by atoms with Crippen LogP contribution in [0.1, 0.15) is 16.1 Å². The zero-order chi connectivity index (χ0) is 14.1. The molecule has 0 saturated heterocycles. The van der Waals surface area contributed by atoms with E-state index < -0.39 is 0 Å². The first kappa shape index (κ1) is 13.1. The summed E-state index contributed by atoms with van der Waals surface area (Å²) in [5.41, 5.74) is 2.69. The highest BCUT2D eigenvalue weighted by Crippen LogP contribution is 2.32. The highest BCUT2D eigenvalue weighted by atomic mass is 79.9. The Morgan fingerprint density at radius 3 is 2.70 bits per heavy atom. The number of ketones is 1. The number of carbonyl (C=O) groups is 1. The predicted octanol–water partition coefficient (Wildman–Crippen LogP) is 3.94. The lowest BCUT2D eigenvalue weighted by atomic mass is 10.1. The van der Waals surface area contributed by atoms with Gasteiger partial charge in [-0.05, 0) is 35.0 Å². The lowest BCUT2D eigenvalue weighted by Crippen LogP contribution is -2.12. The van der Waals surface area contributed by atoms with E-state index in [0.29, 0.717) is 6.54 Å². The summed E-state index contributed by atoms with van der Waals surface area (Å²) in [5.74, 6) is 0.918. The largest absolute Gasteiger partial charge is 0.325 e. The summed E-state index contributed by atoms with van der Waals surface area (Å²) in [5, 5.41) is 0. The Labute approximate surface area is 125 Å². The van der Waals surface area contributed by atoms with Crippen LogP contribution < -0.4 is 0 Å². The number of halogens is 1. The summed E-state index contributed by atoms with van der Waals surface area (Å²) in [6, 6.07) is 13.3. The highest BCUT2D eigenvalue weighted by Gasteiger charge is 2.17. The van der Waals surface area contributed by atoms with Crippen LogP contribution in [-0.2, 0) is 6.54 Å². The van der Waals surface area contributed by atoms with Crippen LogP contribution in [0.25, 0.3) is 11.4 Å². The maximum absolute atomic E-state index is 12.3. The van der Waals surface area contributed by atoms with Gasteiger partial charge in [0.25, 0.3) is 0 Å². The molecule has 0 aromatic heterocycles. The molecule has 2 heterocycles. The molecule has 0 amide bonds. The molecule has 0 atom stereocenters. The Hall–Kier alpha value is -1.94. The lowest BCUT2D eigenvalue weighted by molar-refractivity contribution is 0.0972. The third-order valence-electron chi connectivity index (χ3n) is 3.28. The fourth-order valence-corrected chi connectivity index (χ4v) is 2.64. The van der Waals surface area contributed by atoms with Crippen LogP contribution in [0.15, 0.2) is 53.1 Å². The molecule has 1 aromatic rings. The van der Waals surface area contributed by atoms with Gasteiger partial charge >= 0.3 is 0 Å².